The third-order valence-corrected chi connectivity index (χ3v) is 6.87. The summed E-state index contributed by atoms with van der Waals surface area (Å²) in [6.07, 6.45) is 0.614. The van der Waals surface area contributed by atoms with Gasteiger partial charge >= 0.3 is 5.97 Å². The summed E-state index contributed by atoms with van der Waals surface area (Å²) in [5.74, 6) is -0.703. The van der Waals surface area contributed by atoms with E-state index < -0.39 is 27.4 Å². The highest BCUT2D eigenvalue weighted by Crippen LogP contribution is 2.29. The summed E-state index contributed by atoms with van der Waals surface area (Å²) in [6.45, 7) is 1.44. The van der Waals surface area contributed by atoms with Gasteiger partial charge in [0.05, 0.1) is 0 Å². The van der Waals surface area contributed by atoms with E-state index in [4.69, 9.17) is 4.42 Å². The lowest BCUT2D eigenvalue weighted by atomic mass is 9.92. The van der Waals surface area contributed by atoms with Crippen LogP contribution in [-0.4, -0.2) is 60.8 Å². The monoisotopic (exact) mass is 376 g/mol. The van der Waals surface area contributed by atoms with Gasteiger partial charge in [-0.25, -0.2) is 17.5 Å². The van der Waals surface area contributed by atoms with Crippen LogP contribution < -0.4 is 5.32 Å². The minimum atomic E-state index is -3.74. The van der Waals surface area contributed by atoms with Crippen molar-refractivity contribution in [3.05, 3.63) is 17.6 Å². The van der Waals surface area contributed by atoms with E-state index in [-0.39, 0.29) is 16.4 Å². The maximum Gasteiger partial charge on any atom is 0.329 e. The van der Waals surface area contributed by atoms with Crippen molar-refractivity contribution in [2.75, 3.05) is 25.6 Å². The van der Waals surface area contributed by atoms with E-state index in [0.717, 1.165) is 10.4 Å². The van der Waals surface area contributed by atoms with Crippen LogP contribution in [0.15, 0.2) is 15.4 Å². The van der Waals surface area contributed by atoms with Crippen molar-refractivity contribution in [1.82, 2.24) is 9.62 Å². The van der Waals surface area contributed by atoms with Crippen LogP contribution in [-0.2, 0) is 14.8 Å². The first-order valence-corrected chi connectivity index (χ1v) is 9.86. The van der Waals surface area contributed by atoms with Gasteiger partial charge in [0.25, 0.3) is 5.91 Å². The van der Waals surface area contributed by atoms with E-state index in [9.17, 15) is 23.1 Å². The third kappa shape index (κ3) is 3.45. The summed E-state index contributed by atoms with van der Waals surface area (Å²) >= 11 is 1.63. The fourth-order valence-corrected chi connectivity index (χ4v) is 4.67. The molecule has 2 N–H and O–H groups in total. The summed E-state index contributed by atoms with van der Waals surface area (Å²) in [4.78, 5) is 23.9. The molecule has 1 aliphatic rings. The average molecular weight is 376 g/mol. The van der Waals surface area contributed by atoms with E-state index in [2.05, 4.69) is 5.32 Å². The lowest BCUT2D eigenvalue weighted by Gasteiger charge is -2.33. The van der Waals surface area contributed by atoms with Crippen molar-refractivity contribution >= 4 is 33.7 Å². The molecule has 1 fully saturated rings. The second kappa shape index (κ2) is 6.77. The van der Waals surface area contributed by atoms with Crippen molar-refractivity contribution in [1.29, 1.82) is 0 Å². The average Bonchev–Trinajstić information content (AvgIpc) is 2.90. The molecular weight excluding hydrogens is 356 g/mol. The van der Waals surface area contributed by atoms with Gasteiger partial charge in [-0.1, -0.05) is 0 Å². The van der Waals surface area contributed by atoms with Crippen molar-refractivity contribution in [3.8, 4) is 0 Å². The molecule has 24 heavy (non-hydrogen) atoms. The second-order valence-electron chi connectivity index (χ2n) is 5.77. The Balaban J connectivity index is 2.29. The van der Waals surface area contributed by atoms with Gasteiger partial charge in [0, 0.05) is 20.2 Å². The van der Waals surface area contributed by atoms with Gasteiger partial charge in [-0.3, -0.25) is 4.79 Å². The number of rotatable bonds is 5. The number of aryl methyl sites for hydroxylation is 1. The first-order chi connectivity index (χ1) is 11.1. The summed E-state index contributed by atoms with van der Waals surface area (Å²) in [5, 5.41) is 12.0. The molecule has 2 heterocycles. The van der Waals surface area contributed by atoms with E-state index >= 15 is 0 Å². The number of hydrogen-bond acceptors (Lipinski definition) is 6. The molecule has 0 atom stereocenters. The van der Waals surface area contributed by atoms with Gasteiger partial charge in [0.1, 0.15) is 16.2 Å². The minimum Gasteiger partial charge on any atom is -0.480 e. The van der Waals surface area contributed by atoms with E-state index in [1.54, 1.807) is 11.8 Å². The van der Waals surface area contributed by atoms with Crippen molar-refractivity contribution in [2.45, 2.75) is 30.2 Å². The van der Waals surface area contributed by atoms with E-state index in [1.165, 1.54) is 21.0 Å². The van der Waals surface area contributed by atoms with Crippen molar-refractivity contribution in [3.63, 3.8) is 0 Å². The molecule has 0 aliphatic carbocycles. The maximum atomic E-state index is 12.4. The van der Waals surface area contributed by atoms with Crippen LogP contribution in [0.2, 0.25) is 0 Å². The smallest absolute Gasteiger partial charge is 0.329 e. The third-order valence-electron chi connectivity index (χ3n) is 3.96. The predicted molar refractivity (Wildman–Crippen MR) is 88.7 cm³/mol. The molecule has 134 valence electrons. The number of carbonyl (C=O) groups is 2. The molecule has 1 saturated heterocycles. The molecule has 0 bridgehead atoms. The molecule has 1 aromatic rings. The lowest BCUT2D eigenvalue weighted by Crippen LogP contribution is -2.56. The van der Waals surface area contributed by atoms with Crippen molar-refractivity contribution < 1.29 is 27.5 Å². The number of nitrogens with zero attached hydrogens (tertiary/aromatic N) is 1. The van der Waals surface area contributed by atoms with E-state index in [1.807, 2.05) is 0 Å². The molecule has 0 spiro atoms. The molecule has 8 nitrogen and oxygen atoms in total. The number of sulfonamides is 1. The molecular formula is C14H20N2O6S2. The van der Waals surface area contributed by atoms with Gasteiger partial charge in [-0.05, 0) is 31.3 Å². The minimum absolute atomic E-state index is 0.0809. The van der Waals surface area contributed by atoms with Crippen LogP contribution in [0.4, 0.5) is 0 Å². The highest BCUT2D eigenvalue weighted by Gasteiger charge is 2.42. The Morgan fingerprint density at radius 3 is 2.42 bits per heavy atom. The number of carboxylic acid groups (broad SMARTS) is 1. The molecule has 2 rings (SSSR count). The zero-order chi connectivity index (χ0) is 18.1. The largest absolute Gasteiger partial charge is 0.480 e. The van der Waals surface area contributed by atoms with Crippen molar-refractivity contribution in [2.24, 2.45) is 0 Å². The maximum absolute atomic E-state index is 12.4. The number of aliphatic carboxylic acids is 1. The molecule has 0 saturated carbocycles. The second-order valence-corrected chi connectivity index (χ2v) is 9.12. The standard InChI is InChI=1S/C14H20N2O6S2/c1-9-11(24(20,21)16(2)3)8-10(22-9)12(17)15-14(13(18)19)4-6-23-7-5-14/h8H,4-7H2,1-3H3,(H,15,17)(H,18,19). The van der Waals surface area contributed by atoms with E-state index in [0.29, 0.717) is 24.3 Å². The van der Waals surface area contributed by atoms with Crippen LogP contribution in [0.3, 0.4) is 0 Å². The van der Waals surface area contributed by atoms with Crippen LogP contribution in [0.25, 0.3) is 0 Å². The molecule has 0 radical (unpaired) electrons. The van der Waals surface area contributed by atoms with Crippen LogP contribution in [0.1, 0.15) is 29.2 Å². The molecule has 10 heteroatoms. The first kappa shape index (κ1) is 18.8. The SMILES string of the molecule is Cc1oc(C(=O)NC2(C(=O)O)CCSCC2)cc1S(=O)(=O)N(C)C. The first-order valence-electron chi connectivity index (χ1n) is 7.27. The number of furan rings is 1. The lowest BCUT2D eigenvalue weighted by molar-refractivity contribution is -0.144. The zero-order valence-electron chi connectivity index (χ0n) is 13.7. The Bertz CT molecular complexity index is 747. The number of carboxylic acids is 1. The zero-order valence-corrected chi connectivity index (χ0v) is 15.3. The van der Waals surface area contributed by atoms with Crippen LogP contribution in [0, 0.1) is 6.92 Å². The Morgan fingerprint density at radius 1 is 1.33 bits per heavy atom. The van der Waals surface area contributed by atoms with Crippen LogP contribution in [0.5, 0.6) is 0 Å². The fraction of sp³-hybridized carbons (Fsp3) is 0.571. The molecule has 1 aliphatic heterocycles. The fourth-order valence-electron chi connectivity index (χ4n) is 2.42. The highest BCUT2D eigenvalue weighted by atomic mass is 32.2. The van der Waals surface area contributed by atoms with Gasteiger partial charge in [0.2, 0.25) is 10.0 Å². The van der Waals surface area contributed by atoms with Crippen LogP contribution >= 0.6 is 11.8 Å². The number of amides is 1. The summed E-state index contributed by atoms with van der Waals surface area (Å²) in [5.41, 5.74) is -1.34. The van der Waals surface area contributed by atoms with Gasteiger partial charge in [0.15, 0.2) is 5.76 Å². The van der Waals surface area contributed by atoms with Gasteiger partial charge in [-0.2, -0.15) is 11.8 Å². The number of carbonyl (C=O) groups excluding carboxylic acids is 1. The quantitative estimate of drug-likeness (QED) is 0.784. The highest BCUT2D eigenvalue weighted by molar-refractivity contribution is 7.99. The topological polar surface area (TPSA) is 117 Å². The Hall–Kier alpha value is -1.52. The number of thioether (sulfide) groups is 1. The summed E-state index contributed by atoms with van der Waals surface area (Å²) in [7, 11) is -0.994. The number of hydrogen-bond donors (Lipinski definition) is 2. The molecule has 0 aromatic carbocycles. The summed E-state index contributed by atoms with van der Waals surface area (Å²) < 4.78 is 30.7. The molecule has 1 aromatic heterocycles. The van der Waals surface area contributed by atoms with Gasteiger partial charge < -0.3 is 14.8 Å². The number of nitrogens with one attached hydrogen (secondary N) is 1. The predicted octanol–water partition coefficient (Wildman–Crippen LogP) is 0.919. The molecule has 1 amide bonds. The Morgan fingerprint density at radius 2 is 1.92 bits per heavy atom. The summed E-state index contributed by atoms with van der Waals surface area (Å²) in [6, 6.07) is 1.13. The normalized spacial score (nSPS) is 17.7. The Labute approximate surface area is 144 Å². The molecule has 0 unspecified atom stereocenters. The van der Waals surface area contributed by atoms with Gasteiger partial charge in [-0.15, -0.1) is 0 Å². The Kier molecular flexibility index (Phi) is 5.31.